The first kappa shape index (κ1) is 19.3. The summed E-state index contributed by atoms with van der Waals surface area (Å²) >= 11 is 1.68. The van der Waals surface area contributed by atoms with Gasteiger partial charge in [-0.2, -0.15) is 0 Å². The molecule has 4 nitrogen and oxygen atoms in total. The zero-order valence-corrected chi connectivity index (χ0v) is 16.4. The van der Waals surface area contributed by atoms with Gasteiger partial charge in [0.25, 0.3) is 5.91 Å². The average molecular weight is 381 g/mol. The van der Waals surface area contributed by atoms with Gasteiger partial charge in [-0.15, -0.1) is 11.3 Å². The number of rotatable bonds is 7. The Kier molecular flexibility index (Phi) is 6.37. The minimum absolute atomic E-state index is 0.0198. The Morgan fingerprint density at radius 2 is 1.93 bits per heavy atom. The van der Waals surface area contributed by atoms with Gasteiger partial charge in [0.15, 0.2) is 0 Å². The van der Waals surface area contributed by atoms with Gasteiger partial charge in [0.1, 0.15) is 0 Å². The third-order valence-electron chi connectivity index (χ3n) is 4.32. The summed E-state index contributed by atoms with van der Waals surface area (Å²) in [6, 6.07) is 15.3. The SMILES string of the molecule is CC(C)c1nc(CCNC(=O)c2ccc(-c3cccc(CO)c3)cc2)cs1. The molecule has 0 fully saturated rings. The molecule has 0 aliphatic carbocycles. The molecule has 1 aromatic heterocycles. The van der Waals surface area contributed by atoms with Gasteiger partial charge in [-0.05, 0) is 34.9 Å². The van der Waals surface area contributed by atoms with Crippen molar-refractivity contribution in [3.63, 3.8) is 0 Å². The van der Waals surface area contributed by atoms with Crippen molar-refractivity contribution in [1.82, 2.24) is 10.3 Å². The van der Waals surface area contributed by atoms with Crippen LogP contribution in [-0.2, 0) is 13.0 Å². The second kappa shape index (κ2) is 8.93. The summed E-state index contributed by atoms with van der Waals surface area (Å²) in [5.41, 5.74) is 4.59. The number of nitrogens with one attached hydrogen (secondary N) is 1. The molecule has 0 bridgehead atoms. The molecule has 0 atom stereocenters. The van der Waals surface area contributed by atoms with Crippen LogP contribution >= 0.6 is 11.3 Å². The quantitative estimate of drug-likeness (QED) is 0.639. The predicted octanol–water partition coefficient (Wildman–Crippen LogP) is 4.40. The molecule has 140 valence electrons. The van der Waals surface area contributed by atoms with E-state index in [-0.39, 0.29) is 12.5 Å². The molecule has 2 aromatic carbocycles. The Labute approximate surface area is 163 Å². The number of aliphatic hydroxyl groups is 1. The Morgan fingerprint density at radius 3 is 2.59 bits per heavy atom. The fourth-order valence-corrected chi connectivity index (χ4v) is 3.64. The summed E-state index contributed by atoms with van der Waals surface area (Å²) in [5, 5.41) is 15.4. The van der Waals surface area contributed by atoms with E-state index >= 15 is 0 Å². The molecule has 0 saturated carbocycles. The topological polar surface area (TPSA) is 62.2 Å². The first-order chi connectivity index (χ1) is 13.1. The van der Waals surface area contributed by atoms with Gasteiger partial charge < -0.3 is 10.4 Å². The number of nitrogens with zero attached hydrogens (tertiary/aromatic N) is 1. The minimum atomic E-state index is -0.0787. The molecule has 5 heteroatoms. The summed E-state index contributed by atoms with van der Waals surface area (Å²) in [6.45, 7) is 4.86. The van der Waals surface area contributed by atoms with Crippen LogP contribution in [0.25, 0.3) is 11.1 Å². The van der Waals surface area contributed by atoms with Gasteiger partial charge in [-0.3, -0.25) is 4.79 Å². The first-order valence-corrected chi connectivity index (χ1v) is 9.97. The molecule has 2 N–H and O–H groups in total. The van der Waals surface area contributed by atoms with E-state index in [1.807, 2.05) is 48.5 Å². The van der Waals surface area contributed by atoms with Crippen molar-refractivity contribution in [2.75, 3.05) is 6.54 Å². The second-order valence-corrected chi connectivity index (χ2v) is 7.66. The highest BCUT2D eigenvalue weighted by atomic mass is 32.1. The molecular formula is C22H24N2O2S. The Bertz CT molecular complexity index is 901. The summed E-state index contributed by atoms with van der Waals surface area (Å²) < 4.78 is 0. The van der Waals surface area contributed by atoms with Gasteiger partial charge in [-0.25, -0.2) is 4.98 Å². The summed E-state index contributed by atoms with van der Waals surface area (Å²) in [4.78, 5) is 16.9. The van der Waals surface area contributed by atoms with Crippen LogP contribution in [0.5, 0.6) is 0 Å². The highest BCUT2D eigenvalue weighted by molar-refractivity contribution is 7.09. The maximum atomic E-state index is 12.3. The summed E-state index contributed by atoms with van der Waals surface area (Å²) in [5.74, 6) is 0.361. The van der Waals surface area contributed by atoms with E-state index in [1.165, 1.54) is 0 Å². The van der Waals surface area contributed by atoms with Crippen molar-refractivity contribution in [1.29, 1.82) is 0 Å². The number of aliphatic hydroxyl groups excluding tert-OH is 1. The lowest BCUT2D eigenvalue weighted by Crippen LogP contribution is -2.25. The third kappa shape index (κ3) is 5.02. The molecular weight excluding hydrogens is 356 g/mol. The van der Waals surface area contributed by atoms with Gasteiger partial charge in [0, 0.05) is 29.8 Å². The van der Waals surface area contributed by atoms with E-state index in [1.54, 1.807) is 11.3 Å². The summed E-state index contributed by atoms with van der Waals surface area (Å²) in [6.07, 6.45) is 0.737. The molecule has 0 aliphatic heterocycles. The van der Waals surface area contributed by atoms with Gasteiger partial charge in [0.2, 0.25) is 0 Å². The largest absolute Gasteiger partial charge is 0.392 e. The zero-order valence-electron chi connectivity index (χ0n) is 15.6. The van der Waals surface area contributed by atoms with Crippen LogP contribution in [0.4, 0.5) is 0 Å². The standard InChI is InChI=1S/C22H24N2O2S/c1-15(2)22-24-20(14-27-22)10-11-23-21(26)18-8-6-17(7-9-18)19-5-3-4-16(12-19)13-25/h3-9,12,14-15,25H,10-11,13H2,1-2H3,(H,23,26). The van der Waals surface area contributed by atoms with Crippen molar-refractivity contribution in [3.05, 3.63) is 75.7 Å². The van der Waals surface area contributed by atoms with E-state index in [0.717, 1.165) is 33.8 Å². The van der Waals surface area contributed by atoms with Crippen molar-refractivity contribution < 1.29 is 9.90 Å². The molecule has 3 rings (SSSR count). The molecule has 0 spiro atoms. The fourth-order valence-electron chi connectivity index (χ4n) is 2.77. The molecule has 0 aliphatic rings. The molecule has 1 amide bonds. The molecule has 27 heavy (non-hydrogen) atoms. The Hall–Kier alpha value is -2.50. The minimum Gasteiger partial charge on any atom is -0.392 e. The number of carbonyl (C=O) groups excluding carboxylic acids is 1. The lowest BCUT2D eigenvalue weighted by molar-refractivity contribution is 0.0954. The van der Waals surface area contributed by atoms with Crippen LogP contribution in [0.2, 0.25) is 0 Å². The second-order valence-electron chi connectivity index (χ2n) is 6.77. The molecule has 0 unspecified atom stereocenters. The lowest BCUT2D eigenvalue weighted by atomic mass is 10.0. The van der Waals surface area contributed by atoms with Crippen LogP contribution < -0.4 is 5.32 Å². The van der Waals surface area contributed by atoms with E-state index in [4.69, 9.17) is 0 Å². The number of carbonyl (C=O) groups is 1. The zero-order chi connectivity index (χ0) is 19.2. The Morgan fingerprint density at radius 1 is 1.15 bits per heavy atom. The fraction of sp³-hybridized carbons (Fsp3) is 0.273. The maximum absolute atomic E-state index is 12.3. The number of hydrogen-bond acceptors (Lipinski definition) is 4. The van der Waals surface area contributed by atoms with Crippen molar-refractivity contribution in [2.24, 2.45) is 0 Å². The van der Waals surface area contributed by atoms with Crippen LogP contribution in [-0.4, -0.2) is 22.5 Å². The van der Waals surface area contributed by atoms with Crippen LogP contribution in [0, 0.1) is 0 Å². The van der Waals surface area contributed by atoms with Gasteiger partial charge in [0.05, 0.1) is 17.3 Å². The number of hydrogen-bond donors (Lipinski definition) is 2. The van der Waals surface area contributed by atoms with Gasteiger partial charge in [-0.1, -0.05) is 44.2 Å². The van der Waals surface area contributed by atoms with Crippen LogP contribution in [0.1, 0.15) is 46.4 Å². The number of thiazole rings is 1. The van der Waals surface area contributed by atoms with Crippen LogP contribution in [0.15, 0.2) is 53.9 Å². The molecule has 3 aromatic rings. The van der Waals surface area contributed by atoms with E-state index in [9.17, 15) is 9.90 Å². The number of amides is 1. The third-order valence-corrected chi connectivity index (χ3v) is 5.51. The van der Waals surface area contributed by atoms with Gasteiger partial charge >= 0.3 is 0 Å². The van der Waals surface area contributed by atoms with E-state index in [2.05, 4.69) is 29.5 Å². The molecule has 1 heterocycles. The first-order valence-electron chi connectivity index (χ1n) is 9.09. The highest BCUT2D eigenvalue weighted by Crippen LogP contribution is 2.21. The normalized spacial score (nSPS) is 11.0. The average Bonchev–Trinajstić information content (AvgIpc) is 3.17. The number of aromatic nitrogens is 1. The van der Waals surface area contributed by atoms with Crippen molar-refractivity contribution in [3.8, 4) is 11.1 Å². The maximum Gasteiger partial charge on any atom is 0.251 e. The monoisotopic (exact) mass is 380 g/mol. The number of benzene rings is 2. The molecule has 0 radical (unpaired) electrons. The van der Waals surface area contributed by atoms with E-state index < -0.39 is 0 Å². The Balaban J connectivity index is 1.57. The van der Waals surface area contributed by atoms with E-state index in [0.29, 0.717) is 18.0 Å². The highest BCUT2D eigenvalue weighted by Gasteiger charge is 2.08. The lowest BCUT2D eigenvalue weighted by Gasteiger charge is -2.07. The molecule has 0 saturated heterocycles. The van der Waals surface area contributed by atoms with Crippen molar-refractivity contribution in [2.45, 2.75) is 32.8 Å². The smallest absolute Gasteiger partial charge is 0.251 e. The van der Waals surface area contributed by atoms with Crippen LogP contribution in [0.3, 0.4) is 0 Å². The van der Waals surface area contributed by atoms with Crippen molar-refractivity contribution >= 4 is 17.2 Å². The summed E-state index contributed by atoms with van der Waals surface area (Å²) in [7, 11) is 0. The predicted molar refractivity (Wildman–Crippen MR) is 110 cm³/mol.